The van der Waals surface area contributed by atoms with Gasteiger partial charge in [0.2, 0.25) is 0 Å². The molecule has 0 aliphatic carbocycles. The zero-order chi connectivity index (χ0) is 22.4. The van der Waals surface area contributed by atoms with Gasteiger partial charge in [0.15, 0.2) is 0 Å². The number of nitrogens with zero attached hydrogens (tertiary/aromatic N) is 3. The maximum atomic E-state index is 13.2. The van der Waals surface area contributed by atoms with Crippen molar-refractivity contribution in [2.45, 2.75) is 56.9 Å². The van der Waals surface area contributed by atoms with Crippen LogP contribution in [0.4, 0.5) is 26.3 Å². The molecule has 1 atom stereocenters. The van der Waals surface area contributed by atoms with Crippen LogP contribution in [-0.2, 0) is 25.3 Å². The Kier molecular flexibility index (Phi) is 5.51. The van der Waals surface area contributed by atoms with Crippen molar-refractivity contribution in [1.82, 2.24) is 14.5 Å². The molecule has 1 amide bonds. The minimum absolute atomic E-state index is 0.00888. The molecular weight excluding hydrogens is 424 g/mol. The molecular formula is C21H21F6N3O. The van der Waals surface area contributed by atoms with Crippen LogP contribution >= 0.6 is 0 Å². The van der Waals surface area contributed by atoms with Crippen LogP contribution < -0.4 is 0 Å². The molecule has 1 aromatic carbocycles. The highest BCUT2D eigenvalue weighted by molar-refractivity contribution is 5.92. The lowest BCUT2D eigenvalue weighted by molar-refractivity contribution is -0.143. The summed E-state index contributed by atoms with van der Waals surface area (Å²) in [4.78, 5) is 18.8. The molecule has 3 heterocycles. The molecule has 1 aromatic heterocycles. The lowest BCUT2D eigenvalue weighted by Crippen LogP contribution is -2.35. The van der Waals surface area contributed by atoms with E-state index in [0.29, 0.717) is 31.8 Å². The van der Waals surface area contributed by atoms with Crippen molar-refractivity contribution in [1.29, 1.82) is 0 Å². The number of likely N-dealkylation sites (tertiary alicyclic amines) is 1. The van der Waals surface area contributed by atoms with E-state index in [-0.39, 0.29) is 29.8 Å². The monoisotopic (exact) mass is 445 g/mol. The Morgan fingerprint density at radius 1 is 0.935 bits per heavy atom. The molecule has 0 spiro atoms. The third-order valence-corrected chi connectivity index (χ3v) is 5.94. The normalized spacial score (nSPS) is 19.9. The summed E-state index contributed by atoms with van der Waals surface area (Å²) in [6.45, 7) is 1.50. The number of halogens is 6. The van der Waals surface area contributed by atoms with E-state index in [9.17, 15) is 31.1 Å². The van der Waals surface area contributed by atoms with Crippen molar-refractivity contribution in [3.63, 3.8) is 0 Å². The largest absolute Gasteiger partial charge is 0.416 e. The smallest absolute Gasteiger partial charge is 0.337 e. The van der Waals surface area contributed by atoms with Gasteiger partial charge in [-0.3, -0.25) is 4.79 Å². The fourth-order valence-electron chi connectivity index (χ4n) is 4.29. The maximum absolute atomic E-state index is 13.2. The summed E-state index contributed by atoms with van der Waals surface area (Å²) < 4.78 is 80.8. The summed E-state index contributed by atoms with van der Waals surface area (Å²) in [6, 6.07) is 1.73. The summed E-state index contributed by atoms with van der Waals surface area (Å²) in [6.07, 6.45) is -4.53. The Morgan fingerprint density at radius 3 is 2.13 bits per heavy atom. The van der Waals surface area contributed by atoms with Crippen LogP contribution in [-0.4, -0.2) is 33.4 Å². The van der Waals surface area contributed by atoms with Gasteiger partial charge in [-0.25, -0.2) is 4.98 Å². The predicted octanol–water partition coefficient (Wildman–Crippen LogP) is 5.28. The molecule has 168 valence electrons. The fourth-order valence-corrected chi connectivity index (χ4v) is 4.29. The number of amides is 1. The van der Waals surface area contributed by atoms with Crippen LogP contribution in [0.15, 0.2) is 24.4 Å². The van der Waals surface area contributed by atoms with Crippen LogP contribution in [0.1, 0.15) is 64.6 Å². The van der Waals surface area contributed by atoms with Gasteiger partial charge in [-0.2, -0.15) is 26.3 Å². The topological polar surface area (TPSA) is 38.1 Å². The molecule has 31 heavy (non-hydrogen) atoms. The van der Waals surface area contributed by atoms with E-state index >= 15 is 0 Å². The van der Waals surface area contributed by atoms with Gasteiger partial charge in [0.05, 0.1) is 11.1 Å². The molecule has 0 unspecified atom stereocenters. The average Bonchev–Trinajstić information content (AvgIpc) is 3.15. The molecule has 0 saturated carbocycles. The van der Waals surface area contributed by atoms with Gasteiger partial charge in [0, 0.05) is 38.2 Å². The zero-order valence-corrected chi connectivity index (χ0v) is 16.6. The molecule has 0 N–H and O–H groups in total. The standard InChI is InChI=1S/C21H21F6N3O/c22-20(23,24)15-8-14(9-16(10-15)21(25,26)27)13-4-5-18-28-17(12-30(18)11-13)19(31)29-6-2-1-3-7-29/h8-10,12-13H,1-7,11H2/t13-/m0/s1. The summed E-state index contributed by atoms with van der Waals surface area (Å²) in [5.41, 5.74) is -2.35. The molecule has 4 nitrogen and oxygen atoms in total. The molecule has 0 bridgehead atoms. The van der Waals surface area contributed by atoms with Gasteiger partial charge in [0.1, 0.15) is 11.5 Å². The van der Waals surface area contributed by atoms with Crippen LogP contribution in [0.5, 0.6) is 0 Å². The number of carbonyl (C=O) groups excluding carboxylic acids is 1. The summed E-state index contributed by atoms with van der Waals surface area (Å²) in [7, 11) is 0. The molecule has 2 aliphatic heterocycles. The highest BCUT2D eigenvalue weighted by atomic mass is 19.4. The van der Waals surface area contributed by atoms with Gasteiger partial charge in [-0.15, -0.1) is 0 Å². The van der Waals surface area contributed by atoms with Crippen molar-refractivity contribution < 1.29 is 31.1 Å². The number of hydrogen-bond acceptors (Lipinski definition) is 2. The fraction of sp³-hybridized carbons (Fsp3) is 0.524. The number of carbonyl (C=O) groups is 1. The van der Waals surface area contributed by atoms with E-state index < -0.39 is 29.4 Å². The van der Waals surface area contributed by atoms with Crippen LogP contribution in [0.25, 0.3) is 0 Å². The second-order valence-corrected chi connectivity index (χ2v) is 8.12. The van der Waals surface area contributed by atoms with Gasteiger partial charge in [-0.05, 0) is 49.4 Å². The number of aromatic nitrogens is 2. The number of aryl methyl sites for hydroxylation is 1. The molecule has 2 aromatic rings. The average molecular weight is 445 g/mol. The number of benzene rings is 1. The van der Waals surface area contributed by atoms with Gasteiger partial charge in [0.25, 0.3) is 5.91 Å². The molecule has 0 radical (unpaired) electrons. The summed E-state index contributed by atoms with van der Waals surface area (Å²) >= 11 is 0. The number of hydrogen-bond donors (Lipinski definition) is 0. The SMILES string of the molecule is O=C(c1cn2c(n1)CC[C@H](c1cc(C(F)(F)F)cc(C(F)(F)F)c1)C2)N1CCCCC1. The molecule has 10 heteroatoms. The highest BCUT2D eigenvalue weighted by Gasteiger charge is 2.38. The van der Waals surface area contributed by atoms with E-state index in [1.165, 1.54) is 0 Å². The van der Waals surface area contributed by atoms with E-state index in [1.54, 1.807) is 15.7 Å². The van der Waals surface area contributed by atoms with Crippen LogP contribution in [0.2, 0.25) is 0 Å². The Hall–Kier alpha value is -2.52. The number of fused-ring (bicyclic) bond motifs is 1. The first-order chi connectivity index (χ1) is 14.5. The van der Waals surface area contributed by atoms with Crippen LogP contribution in [0.3, 0.4) is 0 Å². The van der Waals surface area contributed by atoms with Crippen molar-refractivity contribution in [2.24, 2.45) is 0 Å². The molecule has 4 rings (SSSR count). The Labute approximate surface area is 174 Å². The van der Waals surface area contributed by atoms with Crippen molar-refractivity contribution >= 4 is 5.91 Å². The van der Waals surface area contributed by atoms with Crippen molar-refractivity contribution in [3.05, 3.63) is 52.6 Å². The number of piperidine rings is 1. The third-order valence-electron chi connectivity index (χ3n) is 5.94. The second kappa shape index (κ2) is 7.87. The highest BCUT2D eigenvalue weighted by Crippen LogP contribution is 2.39. The van der Waals surface area contributed by atoms with Crippen LogP contribution in [0, 0.1) is 0 Å². The van der Waals surface area contributed by atoms with E-state index in [4.69, 9.17) is 0 Å². The maximum Gasteiger partial charge on any atom is 0.416 e. The van der Waals surface area contributed by atoms with Crippen molar-refractivity contribution in [3.8, 4) is 0 Å². The van der Waals surface area contributed by atoms with Gasteiger partial charge < -0.3 is 9.47 Å². The minimum atomic E-state index is -4.88. The first kappa shape index (κ1) is 21.7. The number of alkyl halides is 6. The summed E-state index contributed by atoms with van der Waals surface area (Å²) in [5.74, 6) is -0.0979. The van der Waals surface area contributed by atoms with Crippen molar-refractivity contribution in [2.75, 3.05) is 13.1 Å². The minimum Gasteiger partial charge on any atom is -0.337 e. The quantitative estimate of drug-likeness (QED) is 0.591. The second-order valence-electron chi connectivity index (χ2n) is 8.12. The summed E-state index contributed by atoms with van der Waals surface area (Å²) in [5, 5.41) is 0. The number of imidazole rings is 1. The third kappa shape index (κ3) is 4.57. The predicted molar refractivity (Wildman–Crippen MR) is 99.5 cm³/mol. The first-order valence-corrected chi connectivity index (χ1v) is 10.2. The first-order valence-electron chi connectivity index (χ1n) is 10.2. The molecule has 1 saturated heterocycles. The zero-order valence-electron chi connectivity index (χ0n) is 16.6. The lowest BCUT2D eigenvalue weighted by atomic mass is 9.89. The van der Waals surface area contributed by atoms with E-state index in [1.807, 2.05) is 0 Å². The number of rotatable bonds is 2. The van der Waals surface area contributed by atoms with Gasteiger partial charge in [-0.1, -0.05) is 0 Å². The Balaban J connectivity index is 1.60. The van der Waals surface area contributed by atoms with E-state index in [2.05, 4.69) is 4.98 Å². The van der Waals surface area contributed by atoms with E-state index in [0.717, 1.165) is 31.4 Å². The Morgan fingerprint density at radius 2 is 1.55 bits per heavy atom. The lowest BCUT2D eigenvalue weighted by Gasteiger charge is -2.26. The Bertz CT molecular complexity index is 940. The molecule has 1 fully saturated rings. The van der Waals surface area contributed by atoms with Gasteiger partial charge >= 0.3 is 12.4 Å². The molecule has 2 aliphatic rings.